The Balaban J connectivity index is 1.11. The highest BCUT2D eigenvalue weighted by Gasteiger charge is 2.36. The number of hydrogen-bond donors (Lipinski definition) is 3. The molecule has 3 aliphatic rings. The Morgan fingerprint density at radius 1 is 0.804 bits per heavy atom. The second-order valence-electron chi connectivity index (χ2n) is 14.5. The second-order valence-corrected chi connectivity index (χ2v) is 14.5. The maximum atomic E-state index is 12.5. The van der Waals surface area contributed by atoms with Crippen LogP contribution in [0.15, 0.2) is 72.8 Å². The van der Waals surface area contributed by atoms with Crippen LogP contribution in [-0.2, 0) is 32.2 Å². The Bertz CT molecular complexity index is 1560. The van der Waals surface area contributed by atoms with Crippen molar-refractivity contribution in [3.63, 3.8) is 0 Å². The summed E-state index contributed by atoms with van der Waals surface area (Å²) in [5, 5.41) is 15.5. The van der Waals surface area contributed by atoms with Gasteiger partial charge in [-0.2, -0.15) is 0 Å². The number of hydrogen-bond acceptors (Lipinski definition) is 7. The average molecular weight is 697 g/mol. The molecule has 0 spiro atoms. The van der Waals surface area contributed by atoms with Gasteiger partial charge < -0.3 is 30.1 Å². The Labute approximate surface area is 303 Å². The number of unbranched alkanes of at least 4 members (excludes halogenated alkanes) is 2. The zero-order valence-electron chi connectivity index (χ0n) is 30.2. The molecule has 3 aromatic rings. The predicted molar refractivity (Wildman–Crippen MR) is 200 cm³/mol. The van der Waals surface area contributed by atoms with Crippen molar-refractivity contribution in [3.05, 3.63) is 95.1 Å². The van der Waals surface area contributed by atoms with Crippen LogP contribution >= 0.6 is 0 Å². The van der Waals surface area contributed by atoms with Gasteiger partial charge in [-0.25, -0.2) is 0 Å². The Morgan fingerprint density at radius 3 is 2.37 bits per heavy atom. The van der Waals surface area contributed by atoms with E-state index in [4.69, 9.17) is 9.47 Å². The summed E-state index contributed by atoms with van der Waals surface area (Å²) in [5.41, 5.74) is 6.18. The van der Waals surface area contributed by atoms with E-state index in [0.717, 1.165) is 78.7 Å². The smallest absolute Gasteiger partial charge is 0.220 e. The van der Waals surface area contributed by atoms with E-state index in [2.05, 4.69) is 69.0 Å². The zero-order chi connectivity index (χ0) is 35.4. The van der Waals surface area contributed by atoms with Gasteiger partial charge >= 0.3 is 0 Å². The van der Waals surface area contributed by atoms with Gasteiger partial charge in [-0.1, -0.05) is 67.1 Å². The number of carbonyl (C=O) groups is 2. The maximum absolute atomic E-state index is 12.5. The first kappa shape index (κ1) is 37.2. The van der Waals surface area contributed by atoms with Crippen LogP contribution in [0.2, 0.25) is 0 Å². The molecule has 9 heteroatoms. The molecule has 3 heterocycles. The minimum atomic E-state index is -0.508. The molecule has 3 N–H and O–H groups in total. The van der Waals surface area contributed by atoms with E-state index in [1.807, 2.05) is 24.3 Å². The lowest BCUT2D eigenvalue weighted by atomic mass is 9.98. The number of rotatable bonds is 16. The van der Waals surface area contributed by atoms with E-state index in [0.29, 0.717) is 25.6 Å². The monoisotopic (exact) mass is 696 g/mol. The molecule has 51 heavy (non-hydrogen) atoms. The van der Waals surface area contributed by atoms with Gasteiger partial charge in [0.15, 0.2) is 6.29 Å². The SMILES string of the molecule is CC(=O)NCCCCCC(=O)NCc1cccc(-c2cccc(C3OC(CN4CCCC4CN4CCCC4)CC(c4ccc(CO)cc4)O3)c2)c1. The quantitative estimate of drug-likeness (QED) is 0.152. The lowest BCUT2D eigenvalue weighted by molar-refractivity contribution is -0.253. The molecule has 0 saturated carbocycles. The highest BCUT2D eigenvalue weighted by Crippen LogP contribution is 2.39. The van der Waals surface area contributed by atoms with Crippen molar-refractivity contribution in [2.75, 3.05) is 39.3 Å². The Kier molecular flexibility index (Phi) is 13.7. The fraction of sp³-hybridized carbons (Fsp3) is 0.524. The normalized spacial score (nSPS) is 22.6. The largest absolute Gasteiger partial charge is 0.392 e. The molecule has 4 unspecified atom stereocenters. The topological polar surface area (TPSA) is 103 Å². The summed E-state index contributed by atoms with van der Waals surface area (Å²) in [4.78, 5) is 28.8. The number of amides is 2. The van der Waals surface area contributed by atoms with Crippen LogP contribution in [0.4, 0.5) is 0 Å². The van der Waals surface area contributed by atoms with Gasteiger partial charge in [0, 0.05) is 57.5 Å². The van der Waals surface area contributed by atoms with E-state index < -0.39 is 6.29 Å². The molecule has 3 fully saturated rings. The number of nitrogens with zero attached hydrogens (tertiary/aromatic N) is 2. The second kappa shape index (κ2) is 18.8. The van der Waals surface area contributed by atoms with Gasteiger partial charge in [-0.15, -0.1) is 0 Å². The highest BCUT2D eigenvalue weighted by atomic mass is 16.7. The lowest BCUT2D eigenvalue weighted by Crippen LogP contribution is -2.45. The number of ether oxygens (including phenoxy) is 2. The van der Waals surface area contributed by atoms with Crippen LogP contribution in [-0.4, -0.2) is 78.1 Å². The number of aliphatic hydroxyl groups is 1. The van der Waals surface area contributed by atoms with Crippen molar-refractivity contribution in [3.8, 4) is 11.1 Å². The van der Waals surface area contributed by atoms with Crippen molar-refractivity contribution in [1.82, 2.24) is 20.4 Å². The van der Waals surface area contributed by atoms with Crippen LogP contribution in [0.5, 0.6) is 0 Å². The standard InChI is InChI=1S/C42H56N4O5/c1-31(48)43-20-4-2-3-15-41(49)44-27-33-10-7-11-35(24-33)36-12-8-13-37(25-36)42-50-39(26-40(51-42)34-18-16-32(30-47)17-19-34)29-46-23-9-14-38(46)28-45-21-5-6-22-45/h7-8,10-13,16-19,24-25,38-40,42,47H,2-6,9,14-15,20-23,26-30H2,1H3,(H,43,48)(H,44,49). The predicted octanol–water partition coefficient (Wildman–Crippen LogP) is 6.26. The molecular weight excluding hydrogens is 640 g/mol. The highest BCUT2D eigenvalue weighted by molar-refractivity contribution is 5.76. The molecule has 0 radical (unpaired) electrons. The van der Waals surface area contributed by atoms with Gasteiger partial charge in [0.25, 0.3) is 0 Å². The summed E-state index contributed by atoms with van der Waals surface area (Å²) in [7, 11) is 0. The molecule has 0 aromatic heterocycles. The number of nitrogens with one attached hydrogen (secondary N) is 2. The first-order valence-electron chi connectivity index (χ1n) is 19.1. The molecule has 0 bridgehead atoms. The third-order valence-corrected chi connectivity index (χ3v) is 10.6. The average Bonchev–Trinajstić information content (AvgIpc) is 3.84. The summed E-state index contributed by atoms with van der Waals surface area (Å²) in [6, 6.07) is 25.5. The Hall–Kier alpha value is -3.60. The van der Waals surface area contributed by atoms with Crippen LogP contribution in [0.25, 0.3) is 11.1 Å². The minimum absolute atomic E-state index is 0.0182. The Morgan fingerprint density at radius 2 is 1.59 bits per heavy atom. The third kappa shape index (κ3) is 10.9. The van der Waals surface area contributed by atoms with Gasteiger partial charge in [0.2, 0.25) is 11.8 Å². The van der Waals surface area contributed by atoms with Crippen LogP contribution < -0.4 is 10.6 Å². The summed E-state index contributed by atoms with van der Waals surface area (Å²) in [6.45, 7) is 8.29. The summed E-state index contributed by atoms with van der Waals surface area (Å²) in [5.74, 6) is 0.0234. The molecule has 3 saturated heterocycles. The molecule has 0 aliphatic carbocycles. The van der Waals surface area contributed by atoms with Gasteiger partial charge in [0.1, 0.15) is 0 Å². The number of aliphatic hydroxyl groups excluding tert-OH is 1. The number of carbonyl (C=O) groups excluding carboxylic acids is 2. The molecule has 3 aliphatic heterocycles. The van der Waals surface area contributed by atoms with E-state index >= 15 is 0 Å². The number of benzene rings is 3. The van der Waals surface area contributed by atoms with Crippen molar-refractivity contribution in [2.45, 2.75) is 102 Å². The minimum Gasteiger partial charge on any atom is -0.392 e. The fourth-order valence-electron chi connectivity index (χ4n) is 7.77. The van der Waals surface area contributed by atoms with Gasteiger partial charge in [-0.3, -0.25) is 14.5 Å². The molecule has 2 amide bonds. The van der Waals surface area contributed by atoms with Crippen molar-refractivity contribution < 1.29 is 24.2 Å². The first-order valence-corrected chi connectivity index (χ1v) is 19.1. The molecular formula is C42H56N4O5. The molecule has 4 atom stereocenters. The van der Waals surface area contributed by atoms with E-state index in [1.165, 1.54) is 45.7 Å². The molecule has 3 aromatic carbocycles. The molecule has 9 nitrogen and oxygen atoms in total. The van der Waals surface area contributed by atoms with Gasteiger partial charge in [0.05, 0.1) is 18.8 Å². The van der Waals surface area contributed by atoms with E-state index in [-0.39, 0.29) is 30.6 Å². The van der Waals surface area contributed by atoms with Crippen LogP contribution in [0.1, 0.15) is 99.4 Å². The summed E-state index contributed by atoms with van der Waals surface area (Å²) in [6.07, 6.45) is 8.38. The maximum Gasteiger partial charge on any atom is 0.220 e. The van der Waals surface area contributed by atoms with Crippen molar-refractivity contribution in [2.24, 2.45) is 0 Å². The van der Waals surface area contributed by atoms with Crippen LogP contribution in [0.3, 0.4) is 0 Å². The van der Waals surface area contributed by atoms with Gasteiger partial charge in [-0.05, 0) is 98.1 Å². The van der Waals surface area contributed by atoms with Crippen molar-refractivity contribution in [1.29, 1.82) is 0 Å². The number of likely N-dealkylation sites (tertiary alicyclic amines) is 2. The third-order valence-electron chi connectivity index (χ3n) is 10.6. The lowest BCUT2D eigenvalue weighted by Gasteiger charge is -2.39. The van der Waals surface area contributed by atoms with Crippen LogP contribution in [0, 0.1) is 0 Å². The molecule has 6 rings (SSSR count). The molecule has 274 valence electrons. The zero-order valence-corrected chi connectivity index (χ0v) is 30.2. The fourth-order valence-corrected chi connectivity index (χ4v) is 7.77. The first-order chi connectivity index (χ1) is 24.9. The van der Waals surface area contributed by atoms with Crippen molar-refractivity contribution >= 4 is 11.8 Å². The van der Waals surface area contributed by atoms with E-state index in [1.54, 1.807) is 0 Å². The summed E-state index contributed by atoms with van der Waals surface area (Å²) >= 11 is 0. The van der Waals surface area contributed by atoms with E-state index in [9.17, 15) is 14.7 Å². The summed E-state index contributed by atoms with van der Waals surface area (Å²) < 4.78 is 13.5.